The maximum Gasteiger partial charge on any atom is 0.321 e. The molecule has 1 fully saturated rings. The van der Waals surface area contributed by atoms with Crippen LogP contribution >= 0.6 is 11.3 Å². The summed E-state index contributed by atoms with van der Waals surface area (Å²) in [6.07, 6.45) is 6.75. The van der Waals surface area contributed by atoms with Gasteiger partial charge >= 0.3 is 6.03 Å². The number of hydrogen-bond acceptors (Lipinski definition) is 4. The number of hydrogen-bond donors (Lipinski definition) is 3. The molecule has 1 aromatic heterocycles. The first-order valence-electron chi connectivity index (χ1n) is 8.38. The first kappa shape index (κ1) is 16.2. The monoisotopic (exact) mass is 336 g/mol. The maximum absolute atomic E-state index is 12.2. The average Bonchev–Trinajstić information content (AvgIpc) is 2.88. The van der Waals surface area contributed by atoms with Gasteiger partial charge in [0.15, 0.2) is 5.13 Å². The minimum absolute atomic E-state index is 0.171. The summed E-state index contributed by atoms with van der Waals surface area (Å²) in [4.78, 5) is 29.5. The Morgan fingerprint density at radius 3 is 2.83 bits per heavy atom. The molecule has 3 atom stereocenters. The molecule has 1 saturated carbocycles. The van der Waals surface area contributed by atoms with Crippen LogP contribution in [0.1, 0.15) is 49.6 Å². The van der Waals surface area contributed by atoms with Crippen molar-refractivity contribution in [2.75, 3.05) is 5.32 Å². The molecule has 1 aromatic rings. The van der Waals surface area contributed by atoms with Crippen molar-refractivity contribution in [1.29, 1.82) is 0 Å². The van der Waals surface area contributed by atoms with Gasteiger partial charge in [-0.3, -0.25) is 10.1 Å². The SMILES string of the molecule is CC1CCc2nc(NC(=O)NC3CCCCC3C(N)=O)sc2C1. The van der Waals surface area contributed by atoms with Crippen LogP contribution in [0.25, 0.3) is 0 Å². The lowest BCUT2D eigenvalue weighted by Gasteiger charge is -2.29. The van der Waals surface area contributed by atoms with Crippen molar-refractivity contribution in [1.82, 2.24) is 10.3 Å². The van der Waals surface area contributed by atoms with E-state index in [2.05, 4.69) is 22.5 Å². The van der Waals surface area contributed by atoms with Gasteiger partial charge in [0, 0.05) is 10.9 Å². The molecule has 3 rings (SSSR count). The van der Waals surface area contributed by atoms with Crippen LogP contribution in [0.3, 0.4) is 0 Å². The third-order valence-corrected chi connectivity index (χ3v) is 5.89. The molecule has 0 aromatic carbocycles. The van der Waals surface area contributed by atoms with Crippen LogP contribution in [0.5, 0.6) is 0 Å². The lowest BCUT2D eigenvalue weighted by atomic mass is 9.84. The fraction of sp³-hybridized carbons (Fsp3) is 0.688. The molecular weight excluding hydrogens is 312 g/mol. The largest absolute Gasteiger partial charge is 0.369 e. The van der Waals surface area contributed by atoms with Gasteiger partial charge in [0.05, 0.1) is 11.6 Å². The minimum Gasteiger partial charge on any atom is -0.369 e. The zero-order valence-corrected chi connectivity index (χ0v) is 14.2. The minimum atomic E-state index is -0.325. The molecule has 126 valence electrons. The van der Waals surface area contributed by atoms with Gasteiger partial charge in [-0.15, -0.1) is 11.3 Å². The first-order chi connectivity index (χ1) is 11.0. The Kier molecular flexibility index (Phi) is 4.84. The molecule has 0 bridgehead atoms. The molecule has 2 aliphatic rings. The topological polar surface area (TPSA) is 97.1 Å². The van der Waals surface area contributed by atoms with Crippen LogP contribution < -0.4 is 16.4 Å². The van der Waals surface area contributed by atoms with Crippen LogP contribution in [0.4, 0.5) is 9.93 Å². The van der Waals surface area contributed by atoms with Crippen molar-refractivity contribution >= 4 is 28.4 Å². The number of nitrogens with one attached hydrogen (secondary N) is 2. The van der Waals surface area contributed by atoms with Crippen LogP contribution in [-0.4, -0.2) is 23.0 Å². The number of thiazole rings is 1. The number of primary amides is 1. The van der Waals surface area contributed by atoms with Gasteiger partial charge in [0.1, 0.15) is 0 Å². The predicted molar refractivity (Wildman–Crippen MR) is 90.4 cm³/mol. The zero-order chi connectivity index (χ0) is 16.4. The summed E-state index contributed by atoms with van der Waals surface area (Å²) < 4.78 is 0. The van der Waals surface area contributed by atoms with E-state index in [0.29, 0.717) is 11.0 Å². The fourth-order valence-corrected chi connectivity index (χ4v) is 4.71. The highest BCUT2D eigenvalue weighted by molar-refractivity contribution is 7.15. The Morgan fingerprint density at radius 2 is 2.04 bits per heavy atom. The molecule has 3 amide bonds. The van der Waals surface area contributed by atoms with E-state index in [4.69, 9.17) is 5.73 Å². The quantitative estimate of drug-likeness (QED) is 0.791. The van der Waals surface area contributed by atoms with Crippen LogP contribution in [0, 0.1) is 11.8 Å². The van der Waals surface area contributed by atoms with Crippen molar-refractivity contribution < 1.29 is 9.59 Å². The number of nitrogens with zero attached hydrogens (tertiary/aromatic N) is 1. The number of carbonyl (C=O) groups excluding carboxylic acids is 2. The molecule has 0 saturated heterocycles. The Hall–Kier alpha value is -1.63. The summed E-state index contributed by atoms with van der Waals surface area (Å²) in [5, 5.41) is 6.38. The summed E-state index contributed by atoms with van der Waals surface area (Å²) in [7, 11) is 0. The Morgan fingerprint density at radius 1 is 1.26 bits per heavy atom. The highest BCUT2D eigenvalue weighted by Gasteiger charge is 2.30. The molecule has 1 heterocycles. The molecule has 0 spiro atoms. The molecule has 0 radical (unpaired) electrons. The third-order valence-electron chi connectivity index (χ3n) is 4.85. The molecule has 3 unspecified atom stereocenters. The molecule has 0 aliphatic heterocycles. The van der Waals surface area contributed by atoms with E-state index < -0.39 is 0 Å². The number of anilines is 1. The molecule has 23 heavy (non-hydrogen) atoms. The smallest absolute Gasteiger partial charge is 0.321 e. The van der Waals surface area contributed by atoms with Crippen molar-refractivity contribution in [2.45, 2.75) is 57.9 Å². The van der Waals surface area contributed by atoms with Crippen LogP contribution in [-0.2, 0) is 17.6 Å². The van der Waals surface area contributed by atoms with E-state index in [0.717, 1.165) is 50.6 Å². The van der Waals surface area contributed by atoms with Crippen molar-refractivity contribution in [3.63, 3.8) is 0 Å². The number of urea groups is 1. The first-order valence-corrected chi connectivity index (χ1v) is 9.20. The lowest BCUT2D eigenvalue weighted by molar-refractivity contribution is -0.123. The number of nitrogens with two attached hydrogens (primary N) is 1. The number of carbonyl (C=O) groups is 2. The number of amides is 3. The van der Waals surface area contributed by atoms with Gasteiger partial charge in [-0.05, 0) is 38.0 Å². The van der Waals surface area contributed by atoms with Gasteiger partial charge in [-0.2, -0.15) is 0 Å². The normalized spacial score (nSPS) is 27.1. The highest BCUT2D eigenvalue weighted by atomic mass is 32.1. The van der Waals surface area contributed by atoms with Gasteiger partial charge in [0.2, 0.25) is 5.91 Å². The summed E-state index contributed by atoms with van der Waals surface area (Å²) in [5.41, 5.74) is 6.57. The molecule has 4 N–H and O–H groups in total. The average molecular weight is 336 g/mol. The Labute approximate surface area is 140 Å². The van der Waals surface area contributed by atoms with Gasteiger partial charge in [-0.25, -0.2) is 9.78 Å². The van der Waals surface area contributed by atoms with Crippen LogP contribution in [0.15, 0.2) is 0 Å². The lowest BCUT2D eigenvalue weighted by Crippen LogP contribution is -2.48. The second-order valence-corrected chi connectivity index (χ2v) is 7.82. The van der Waals surface area contributed by atoms with Gasteiger partial charge < -0.3 is 11.1 Å². The van der Waals surface area contributed by atoms with E-state index in [1.807, 2.05) is 0 Å². The standard InChI is InChI=1S/C16H24N4O2S/c1-9-6-7-12-13(8-9)23-16(19-12)20-15(22)18-11-5-3-2-4-10(11)14(17)21/h9-11H,2-8H2,1H3,(H2,17,21)(H2,18,19,20,22). The second kappa shape index (κ2) is 6.86. The van der Waals surface area contributed by atoms with E-state index in [1.165, 1.54) is 4.88 Å². The predicted octanol–water partition coefficient (Wildman–Crippen LogP) is 2.43. The van der Waals surface area contributed by atoms with Crippen molar-refractivity contribution in [2.24, 2.45) is 17.6 Å². The fourth-order valence-electron chi connectivity index (χ4n) is 3.54. The molecule has 6 nitrogen and oxygen atoms in total. The van der Waals surface area contributed by atoms with Crippen molar-refractivity contribution in [3.8, 4) is 0 Å². The van der Waals surface area contributed by atoms with Crippen LogP contribution in [0.2, 0.25) is 0 Å². The van der Waals surface area contributed by atoms with Gasteiger partial charge in [0.25, 0.3) is 0 Å². The maximum atomic E-state index is 12.2. The van der Waals surface area contributed by atoms with E-state index in [-0.39, 0.29) is 23.9 Å². The summed E-state index contributed by atoms with van der Waals surface area (Å²) in [6.45, 7) is 2.25. The summed E-state index contributed by atoms with van der Waals surface area (Å²) >= 11 is 1.56. The molecular formula is C16H24N4O2S. The second-order valence-electron chi connectivity index (χ2n) is 6.74. The zero-order valence-electron chi connectivity index (χ0n) is 13.4. The molecule has 7 heteroatoms. The number of aromatic nitrogens is 1. The number of rotatable bonds is 3. The van der Waals surface area contributed by atoms with Crippen molar-refractivity contribution in [3.05, 3.63) is 10.6 Å². The highest BCUT2D eigenvalue weighted by Crippen LogP contribution is 2.32. The Bertz CT molecular complexity index is 601. The summed E-state index contributed by atoms with van der Waals surface area (Å²) in [6, 6.07) is -0.460. The number of fused-ring (bicyclic) bond motifs is 1. The summed E-state index contributed by atoms with van der Waals surface area (Å²) in [5.74, 6) is 0.0942. The molecule has 2 aliphatic carbocycles. The van der Waals surface area contributed by atoms with E-state index >= 15 is 0 Å². The van der Waals surface area contributed by atoms with E-state index in [9.17, 15) is 9.59 Å². The number of aryl methyl sites for hydroxylation is 1. The van der Waals surface area contributed by atoms with Gasteiger partial charge in [-0.1, -0.05) is 19.8 Å². The Balaban J connectivity index is 1.60. The van der Waals surface area contributed by atoms with E-state index in [1.54, 1.807) is 11.3 Å². The third kappa shape index (κ3) is 3.83.